The number of benzene rings is 3. The second kappa shape index (κ2) is 6.57. The summed E-state index contributed by atoms with van der Waals surface area (Å²) in [6.07, 6.45) is -0.687. The monoisotopic (exact) mass is 362 g/mol. The number of hydrogen-bond donors (Lipinski definition) is 3. The van der Waals surface area contributed by atoms with Crippen molar-refractivity contribution in [2.75, 3.05) is 17.3 Å². The van der Waals surface area contributed by atoms with Crippen LogP contribution in [0.4, 0.5) is 11.4 Å². The van der Waals surface area contributed by atoms with Crippen LogP contribution in [0.3, 0.4) is 0 Å². The highest BCUT2D eigenvalue weighted by molar-refractivity contribution is 6.12. The fourth-order valence-corrected chi connectivity index (χ4v) is 3.25. The van der Waals surface area contributed by atoms with Crippen molar-refractivity contribution in [1.82, 2.24) is 0 Å². The van der Waals surface area contributed by atoms with Gasteiger partial charge in [0.05, 0.1) is 12.7 Å². The van der Waals surface area contributed by atoms with Gasteiger partial charge in [-0.15, -0.1) is 0 Å². The van der Waals surface area contributed by atoms with Gasteiger partial charge in [-0.1, -0.05) is 24.3 Å². The maximum atomic E-state index is 13.3. The van der Waals surface area contributed by atoms with E-state index in [1.165, 1.54) is 6.07 Å². The molecule has 0 fully saturated rings. The Labute approximate surface area is 156 Å². The van der Waals surface area contributed by atoms with Crippen LogP contribution in [-0.4, -0.2) is 23.2 Å². The molecule has 1 amide bonds. The summed E-state index contributed by atoms with van der Waals surface area (Å²) in [5, 5.41) is 23.6. The number of nitrogens with one attached hydrogen (secondary N) is 1. The largest absolute Gasteiger partial charge is 0.504 e. The SMILES string of the molecule is COc1ccc(N2C(=O)c3ccccc3N[C@H]2c2cccc(O)c2O)cc1. The summed E-state index contributed by atoms with van der Waals surface area (Å²) in [7, 11) is 1.58. The number of phenols is 2. The first kappa shape index (κ1) is 16.8. The third-order valence-electron chi connectivity index (χ3n) is 4.62. The molecule has 3 N–H and O–H groups in total. The van der Waals surface area contributed by atoms with Crippen LogP contribution in [0.25, 0.3) is 0 Å². The van der Waals surface area contributed by atoms with E-state index in [0.29, 0.717) is 28.3 Å². The Kier molecular flexibility index (Phi) is 4.08. The van der Waals surface area contributed by atoms with Crippen molar-refractivity contribution in [2.24, 2.45) is 0 Å². The van der Waals surface area contributed by atoms with E-state index in [0.717, 1.165) is 0 Å². The number of anilines is 2. The van der Waals surface area contributed by atoms with Gasteiger partial charge >= 0.3 is 0 Å². The first-order valence-electron chi connectivity index (χ1n) is 8.44. The Hall–Kier alpha value is -3.67. The van der Waals surface area contributed by atoms with E-state index in [2.05, 4.69) is 5.32 Å². The molecule has 1 aliphatic rings. The average Bonchev–Trinajstić information content (AvgIpc) is 2.70. The van der Waals surface area contributed by atoms with Gasteiger partial charge in [0.1, 0.15) is 11.9 Å². The molecule has 0 saturated heterocycles. The lowest BCUT2D eigenvalue weighted by molar-refractivity contribution is 0.0974. The van der Waals surface area contributed by atoms with Crippen LogP contribution >= 0.6 is 0 Å². The second-order valence-electron chi connectivity index (χ2n) is 6.18. The molecule has 0 aromatic heterocycles. The third-order valence-corrected chi connectivity index (χ3v) is 4.62. The number of carbonyl (C=O) groups is 1. The normalized spacial score (nSPS) is 15.8. The molecule has 0 bridgehead atoms. The van der Waals surface area contributed by atoms with Crippen molar-refractivity contribution in [3.05, 3.63) is 77.9 Å². The Morgan fingerprint density at radius 2 is 1.70 bits per heavy atom. The molecule has 0 radical (unpaired) electrons. The van der Waals surface area contributed by atoms with E-state index >= 15 is 0 Å². The van der Waals surface area contributed by atoms with Crippen LogP contribution in [0.1, 0.15) is 22.1 Å². The zero-order valence-electron chi connectivity index (χ0n) is 14.6. The van der Waals surface area contributed by atoms with Gasteiger partial charge in [-0.3, -0.25) is 9.69 Å². The number of para-hydroxylation sites is 2. The molecule has 0 saturated carbocycles. The number of hydrogen-bond acceptors (Lipinski definition) is 5. The average molecular weight is 362 g/mol. The lowest BCUT2D eigenvalue weighted by atomic mass is 10.0. The Bertz CT molecular complexity index is 1000. The number of ether oxygens (including phenoxy) is 1. The molecule has 6 nitrogen and oxygen atoms in total. The Morgan fingerprint density at radius 1 is 0.963 bits per heavy atom. The van der Waals surface area contributed by atoms with E-state index in [1.54, 1.807) is 60.5 Å². The quantitative estimate of drug-likeness (QED) is 0.616. The Balaban J connectivity index is 1.87. The standard InChI is InChI=1S/C21H18N2O4/c1-27-14-11-9-13(10-12-14)23-20(16-6-4-8-18(24)19(16)25)22-17-7-3-2-5-15(17)21(23)26/h2-12,20,22,24-25H,1H3/t20-/m1/s1. The van der Waals surface area contributed by atoms with Crippen LogP contribution in [-0.2, 0) is 0 Å². The van der Waals surface area contributed by atoms with Gasteiger partial charge in [0.15, 0.2) is 11.5 Å². The highest BCUT2D eigenvalue weighted by Gasteiger charge is 2.35. The molecule has 0 aliphatic carbocycles. The minimum absolute atomic E-state index is 0.206. The van der Waals surface area contributed by atoms with Crippen molar-refractivity contribution < 1.29 is 19.7 Å². The molecule has 6 heteroatoms. The fourth-order valence-electron chi connectivity index (χ4n) is 3.25. The molecule has 1 aliphatic heterocycles. The molecule has 0 unspecified atom stereocenters. The van der Waals surface area contributed by atoms with Crippen LogP contribution < -0.4 is 15.0 Å². The summed E-state index contributed by atoms with van der Waals surface area (Å²) in [6.45, 7) is 0. The van der Waals surface area contributed by atoms with Crippen LogP contribution in [0.2, 0.25) is 0 Å². The maximum absolute atomic E-state index is 13.3. The molecule has 27 heavy (non-hydrogen) atoms. The molecular formula is C21H18N2O4. The molecule has 136 valence electrons. The first-order valence-corrected chi connectivity index (χ1v) is 8.44. The zero-order valence-corrected chi connectivity index (χ0v) is 14.6. The van der Waals surface area contributed by atoms with Crippen LogP contribution in [0.5, 0.6) is 17.2 Å². The van der Waals surface area contributed by atoms with Gasteiger partial charge in [0, 0.05) is 16.9 Å². The van der Waals surface area contributed by atoms with Crippen molar-refractivity contribution in [2.45, 2.75) is 6.17 Å². The van der Waals surface area contributed by atoms with Crippen molar-refractivity contribution >= 4 is 17.3 Å². The predicted molar refractivity (Wildman–Crippen MR) is 102 cm³/mol. The molecule has 3 aromatic carbocycles. The molecule has 1 atom stereocenters. The summed E-state index contributed by atoms with van der Waals surface area (Å²) >= 11 is 0. The summed E-state index contributed by atoms with van der Waals surface area (Å²) in [5.74, 6) is -0.0356. The highest BCUT2D eigenvalue weighted by Crippen LogP contribution is 2.41. The fraction of sp³-hybridized carbons (Fsp3) is 0.0952. The minimum Gasteiger partial charge on any atom is -0.504 e. The minimum atomic E-state index is -0.687. The number of phenolic OH excluding ortho intramolecular Hbond substituents is 2. The van der Waals surface area contributed by atoms with Gasteiger partial charge in [-0.25, -0.2) is 0 Å². The lowest BCUT2D eigenvalue weighted by Crippen LogP contribution is -2.43. The van der Waals surface area contributed by atoms with Gasteiger partial charge in [-0.2, -0.15) is 0 Å². The number of aromatic hydroxyl groups is 2. The van der Waals surface area contributed by atoms with Gasteiger partial charge < -0.3 is 20.3 Å². The van der Waals surface area contributed by atoms with E-state index in [4.69, 9.17) is 4.74 Å². The van der Waals surface area contributed by atoms with Crippen molar-refractivity contribution in [3.63, 3.8) is 0 Å². The van der Waals surface area contributed by atoms with Gasteiger partial charge in [0.25, 0.3) is 5.91 Å². The molecule has 3 aromatic rings. The number of fused-ring (bicyclic) bond motifs is 1. The second-order valence-corrected chi connectivity index (χ2v) is 6.18. The topological polar surface area (TPSA) is 82.0 Å². The summed E-state index contributed by atoms with van der Waals surface area (Å²) in [6, 6.07) is 19.0. The molecular weight excluding hydrogens is 344 g/mol. The lowest BCUT2D eigenvalue weighted by Gasteiger charge is -2.38. The number of carbonyl (C=O) groups excluding carboxylic acids is 1. The van der Waals surface area contributed by atoms with E-state index in [1.807, 2.05) is 12.1 Å². The smallest absolute Gasteiger partial charge is 0.262 e. The van der Waals surface area contributed by atoms with Crippen molar-refractivity contribution in [1.29, 1.82) is 0 Å². The summed E-state index contributed by atoms with van der Waals surface area (Å²) < 4.78 is 5.19. The molecule has 1 heterocycles. The predicted octanol–water partition coefficient (Wildman–Crippen LogP) is 3.88. The highest BCUT2D eigenvalue weighted by atomic mass is 16.5. The number of rotatable bonds is 3. The molecule has 4 rings (SSSR count). The van der Waals surface area contributed by atoms with Crippen LogP contribution in [0.15, 0.2) is 66.7 Å². The van der Waals surface area contributed by atoms with E-state index in [9.17, 15) is 15.0 Å². The van der Waals surface area contributed by atoms with Crippen LogP contribution in [0, 0.1) is 0 Å². The third kappa shape index (κ3) is 2.81. The molecule has 0 spiro atoms. The number of amides is 1. The first-order chi connectivity index (χ1) is 13.1. The number of nitrogens with zero attached hydrogens (tertiary/aromatic N) is 1. The van der Waals surface area contributed by atoms with E-state index < -0.39 is 6.17 Å². The zero-order chi connectivity index (χ0) is 19.0. The van der Waals surface area contributed by atoms with E-state index in [-0.39, 0.29) is 17.4 Å². The van der Waals surface area contributed by atoms with Gasteiger partial charge in [0.2, 0.25) is 0 Å². The summed E-state index contributed by atoms with van der Waals surface area (Å²) in [5.41, 5.74) is 2.23. The van der Waals surface area contributed by atoms with Crippen molar-refractivity contribution in [3.8, 4) is 17.2 Å². The number of methoxy groups -OCH3 is 1. The Morgan fingerprint density at radius 3 is 2.44 bits per heavy atom. The summed E-state index contributed by atoms with van der Waals surface area (Å²) in [4.78, 5) is 14.8. The van der Waals surface area contributed by atoms with Gasteiger partial charge in [-0.05, 0) is 42.5 Å². The maximum Gasteiger partial charge on any atom is 0.262 e.